The summed E-state index contributed by atoms with van der Waals surface area (Å²) < 4.78 is 1.19. The zero-order chi connectivity index (χ0) is 17.5. The van der Waals surface area contributed by atoms with Crippen LogP contribution in [0.15, 0.2) is 21.8 Å². The molecular weight excluding hydrogens is 320 g/mol. The molecule has 0 spiro atoms. The van der Waals surface area contributed by atoms with E-state index in [4.69, 9.17) is 17.5 Å². The smallest absolute Gasteiger partial charge is 0.258 e. The molecule has 0 saturated carbocycles. The zero-order valence-corrected chi connectivity index (χ0v) is 12.5. The van der Waals surface area contributed by atoms with Gasteiger partial charge >= 0.3 is 0 Å². The molecule has 0 atom stereocenters. The minimum absolute atomic E-state index is 0.0989. The van der Waals surface area contributed by atoms with Gasteiger partial charge in [-0.25, -0.2) is 22.6 Å². The number of H-pyrrole nitrogens is 1. The Labute approximate surface area is 134 Å². The van der Waals surface area contributed by atoms with Gasteiger partial charge in [0.05, 0.1) is 0 Å². The number of aliphatic imine (C=N–C) groups is 1. The van der Waals surface area contributed by atoms with Gasteiger partial charge in [0.2, 0.25) is 17.9 Å². The molecular formula is C8H16N16. The molecule has 0 aliphatic rings. The highest BCUT2D eigenvalue weighted by atomic mass is 15.5. The van der Waals surface area contributed by atoms with Crippen LogP contribution in [-0.4, -0.2) is 43.0 Å². The molecule has 16 heteroatoms. The van der Waals surface area contributed by atoms with E-state index in [2.05, 4.69) is 68.7 Å². The predicted molar refractivity (Wildman–Crippen MR) is 87.0 cm³/mol. The van der Waals surface area contributed by atoms with Gasteiger partial charge in [-0.2, -0.15) is 14.6 Å². The van der Waals surface area contributed by atoms with Gasteiger partial charge in [-0.05, 0) is 0 Å². The number of aromatic nitrogens is 6. The van der Waals surface area contributed by atoms with Gasteiger partial charge in [0.1, 0.15) is 0 Å². The SMILES string of the molecule is C=C(/N=N\C(=N/C)Nc1nc(NN)n[nH]1)n1nc(NN)nc1NN. The normalized spacial score (nSPS) is 11.6. The summed E-state index contributed by atoms with van der Waals surface area (Å²) in [5.41, 5.74) is 6.87. The summed E-state index contributed by atoms with van der Waals surface area (Å²) in [5.74, 6) is 16.7. The molecule has 16 nitrogen and oxygen atoms in total. The van der Waals surface area contributed by atoms with Gasteiger partial charge in [-0.15, -0.1) is 20.4 Å². The van der Waals surface area contributed by atoms with Crippen molar-refractivity contribution in [1.82, 2.24) is 29.9 Å². The minimum atomic E-state index is 0.0989. The van der Waals surface area contributed by atoms with E-state index in [-0.39, 0.29) is 35.6 Å². The largest absolute Gasteiger partial charge is 0.292 e. The predicted octanol–water partition coefficient (Wildman–Crippen LogP) is -1.77. The van der Waals surface area contributed by atoms with Crippen molar-refractivity contribution in [1.29, 1.82) is 0 Å². The van der Waals surface area contributed by atoms with Crippen molar-refractivity contribution in [3.8, 4) is 0 Å². The summed E-state index contributed by atoms with van der Waals surface area (Å²) in [4.78, 5) is 11.8. The van der Waals surface area contributed by atoms with Crippen molar-refractivity contribution >= 4 is 35.6 Å². The maximum Gasteiger partial charge on any atom is 0.258 e. The maximum absolute atomic E-state index is 5.33. The first-order valence-electron chi connectivity index (χ1n) is 6.25. The number of anilines is 4. The molecule has 11 N–H and O–H groups in total. The molecule has 128 valence electrons. The lowest BCUT2D eigenvalue weighted by atomic mass is 10.8. The van der Waals surface area contributed by atoms with Crippen molar-refractivity contribution in [3.63, 3.8) is 0 Å². The summed E-state index contributed by atoms with van der Waals surface area (Å²) in [6, 6.07) is 0. The van der Waals surface area contributed by atoms with Gasteiger partial charge in [0.25, 0.3) is 11.9 Å². The van der Waals surface area contributed by atoms with E-state index < -0.39 is 0 Å². The van der Waals surface area contributed by atoms with E-state index in [0.717, 1.165) is 0 Å². The average Bonchev–Trinajstić information content (AvgIpc) is 3.24. The van der Waals surface area contributed by atoms with Crippen LogP contribution in [0.5, 0.6) is 0 Å². The number of hydrogen-bond donors (Lipinski definition) is 8. The van der Waals surface area contributed by atoms with Crippen molar-refractivity contribution in [3.05, 3.63) is 6.58 Å². The Balaban J connectivity index is 2.09. The highest BCUT2D eigenvalue weighted by Gasteiger charge is 2.11. The molecule has 0 bridgehead atoms. The number of nitrogen functional groups attached to an aromatic ring is 3. The second-order valence-electron chi connectivity index (χ2n) is 3.90. The standard InChI is InChI=1S/C8H16N16/c1-3(24-8(18-11)15-7(17-10)23-24)19-20-4(12-2)13-5-14-6(16-9)22-21-5/h1,9-11H2,2H3,(H2,15,17,18,23)(H3,12,13,14,16,21,22)/b20-19-. The third-order valence-electron chi connectivity index (χ3n) is 2.43. The molecule has 0 aliphatic heterocycles. The number of guanidine groups is 1. The van der Waals surface area contributed by atoms with Gasteiger partial charge in [-0.3, -0.25) is 26.6 Å². The first kappa shape index (κ1) is 16.7. The number of hydrazine groups is 3. The summed E-state index contributed by atoms with van der Waals surface area (Å²) in [6.07, 6.45) is 0. The molecule has 0 fully saturated rings. The molecule has 0 amide bonds. The van der Waals surface area contributed by atoms with Gasteiger partial charge < -0.3 is 0 Å². The second-order valence-corrected chi connectivity index (χ2v) is 3.90. The van der Waals surface area contributed by atoms with E-state index in [0.29, 0.717) is 0 Å². The van der Waals surface area contributed by atoms with Crippen LogP contribution in [0.25, 0.3) is 5.82 Å². The maximum atomic E-state index is 5.33. The lowest BCUT2D eigenvalue weighted by Gasteiger charge is -2.03. The minimum Gasteiger partial charge on any atom is -0.292 e. The van der Waals surface area contributed by atoms with Crippen molar-refractivity contribution in [2.24, 2.45) is 32.7 Å². The van der Waals surface area contributed by atoms with Crippen LogP contribution in [-0.2, 0) is 0 Å². The lowest BCUT2D eigenvalue weighted by molar-refractivity contribution is 0.876. The van der Waals surface area contributed by atoms with Crippen LogP contribution in [0.3, 0.4) is 0 Å². The van der Waals surface area contributed by atoms with Gasteiger partial charge in [0.15, 0.2) is 5.82 Å². The zero-order valence-electron chi connectivity index (χ0n) is 12.5. The van der Waals surface area contributed by atoms with E-state index in [9.17, 15) is 0 Å². The molecule has 0 saturated heterocycles. The number of azo groups is 1. The first-order valence-corrected chi connectivity index (χ1v) is 6.25. The Morgan fingerprint density at radius 2 is 1.88 bits per heavy atom. The van der Waals surface area contributed by atoms with E-state index in [1.54, 1.807) is 0 Å². The van der Waals surface area contributed by atoms with Crippen molar-refractivity contribution in [2.45, 2.75) is 0 Å². The van der Waals surface area contributed by atoms with Crippen LogP contribution >= 0.6 is 0 Å². The van der Waals surface area contributed by atoms with Gasteiger partial charge in [0, 0.05) is 7.05 Å². The molecule has 2 heterocycles. The molecule has 24 heavy (non-hydrogen) atoms. The van der Waals surface area contributed by atoms with E-state index in [1.165, 1.54) is 11.7 Å². The Morgan fingerprint density at radius 1 is 1.12 bits per heavy atom. The number of nitrogens with two attached hydrogens (primary N) is 3. The van der Waals surface area contributed by atoms with Crippen LogP contribution in [0.1, 0.15) is 0 Å². The summed E-state index contributed by atoms with van der Waals surface area (Å²) in [6.45, 7) is 3.70. The fourth-order valence-electron chi connectivity index (χ4n) is 1.41. The third-order valence-corrected chi connectivity index (χ3v) is 2.43. The van der Waals surface area contributed by atoms with E-state index in [1.807, 2.05) is 0 Å². The number of aromatic amines is 1. The highest BCUT2D eigenvalue weighted by molar-refractivity contribution is 5.92. The van der Waals surface area contributed by atoms with Gasteiger partial charge in [-0.1, -0.05) is 6.58 Å². The number of hydrogen-bond acceptors (Lipinski definition) is 12. The average molecular weight is 336 g/mol. The Hall–Kier alpha value is -3.63. The monoisotopic (exact) mass is 336 g/mol. The molecule has 2 aromatic heterocycles. The number of nitrogens with zero attached hydrogens (tertiary/aromatic N) is 8. The first-order chi connectivity index (χ1) is 11.6. The summed E-state index contributed by atoms with van der Waals surface area (Å²) in [5, 5.41) is 20.8. The number of rotatable bonds is 6. The molecule has 2 rings (SSSR count). The summed E-state index contributed by atoms with van der Waals surface area (Å²) in [7, 11) is 1.50. The van der Waals surface area contributed by atoms with Crippen LogP contribution in [0, 0.1) is 0 Å². The third kappa shape index (κ3) is 3.76. The quantitative estimate of drug-likeness (QED) is 0.0965. The van der Waals surface area contributed by atoms with Crippen LogP contribution in [0.2, 0.25) is 0 Å². The molecule has 0 aromatic carbocycles. The van der Waals surface area contributed by atoms with Crippen molar-refractivity contribution < 1.29 is 0 Å². The van der Waals surface area contributed by atoms with Crippen LogP contribution in [0.4, 0.5) is 23.8 Å². The lowest BCUT2D eigenvalue weighted by Crippen LogP contribution is -2.13. The number of nitrogens with one attached hydrogen (secondary N) is 5. The Morgan fingerprint density at radius 3 is 2.46 bits per heavy atom. The highest BCUT2D eigenvalue weighted by Crippen LogP contribution is 2.13. The Kier molecular flexibility index (Phi) is 5.28. The topological polar surface area (TPSA) is 236 Å². The summed E-state index contributed by atoms with van der Waals surface area (Å²) >= 11 is 0. The van der Waals surface area contributed by atoms with Crippen molar-refractivity contribution in [2.75, 3.05) is 28.6 Å². The molecule has 0 unspecified atom stereocenters. The molecule has 0 radical (unpaired) electrons. The molecule has 2 aromatic rings. The Bertz CT molecular complexity index is 750. The fourth-order valence-corrected chi connectivity index (χ4v) is 1.41. The fraction of sp³-hybridized carbons (Fsp3) is 0.125. The van der Waals surface area contributed by atoms with E-state index >= 15 is 0 Å². The van der Waals surface area contributed by atoms with Crippen LogP contribution < -0.4 is 39.1 Å². The molecule has 0 aliphatic carbocycles. The second kappa shape index (κ2) is 7.58.